The average molecular weight is 407 g/mol. The number of amides is 1. The van der Waals surface area contributed by atoms with Crippen LogP contribution in [0.5, 0.6) is 0 Å². The van der Waals surface area contributed by atoms with Gasteiger partial charge in [0, 0.05) is 16.3 Å². The number of hydrogen-bond donors (Lipinski definition) is 1. The van der Waals surface area contributed by atoms with E-state index >= 15 is 0 Å². The highest BCUT2D eigenvalue weighted by Gasteiger charge is 2.19. The predicted molar refractivity (Wildman–Crippen MR) is 111 cm³/mol. The topological polar surface area (TPSA) is 59.8 Å². The van der Waals surface area contributed by atoms with Gasteiger partial charge in [0.25, 0.3) is 5.91 Å². The number of nitrogens with one attached hydrogen (secondary N) is 1. The molecule has 0 aliphatic heterocycles. The molecule has 29 heavy (non-hydrogen) atoms. The maximum atomic E-state index is 13.4. The Bertz CT molecular complexity index is 1170. The first-order valence-electron chi connectivity index (χ1n) is 8.87. The maximum absolute atomic E-state index is 13.4. The lowest BCUT2D eigenvalue weighted by Crippen LogP contribution is -2.15. The number of hydrogen-bond acceptors (Lipinski definition) is 3. The molecule has 1 heterocycles. The lowest BCUT2D eigenvalue weighted by Gasteiger charge is -2.06. The van der Waals surface area contributed by atoms with Crippen LogP contribution in [0.4, 0.5) is 10.1 Å². The van der Waals surface area contributed by atoms with Gasteiger partial charge in [-0.05, 0) is 48.9 Å². The molecule has 7 heteroatoms. The molecule has 0 saturated heterocycles. The van der Waals surface area contributed by atoms with Gasteiger partial charge in [0.1, 0.15) is 5.82 Å². The van der Waals surface area contributed by atoms with Crippen LogP contribution >= 0.6 is 11.6 Å². The van der Waals surface area contributed by atoms with Crippen molar-refractivity contribution < 1.29 is 9.18 Å². The Labute approximate surface area is 171 Å². The van der Waals surface area contributed by atoms with Gasteiger partial charge >= 0.3 is 0 Å². The molecule has 0 bridgehead atoms. The number of carbonyl (C=O) groups is 1. The van der Waals surface area contributed by atoms with E-state index in [0.29, 0.717) is 22.2 Å². The summed E-state index contributed by atoms with van der Waals surface area (Å²) in [5.74, 6) is -0.351. The molecule has 1 aromatic heterocycles. The molecule has 4 aromatic rings. The molecule has 0 saturated carbocycles. The van der Waals surface area contributed by atoms with Crippen molar-refractivity contribution in [3.63, 3.8) is 0 Å². The highest BCUT2D eigenvalue weighted by atomic mass is 35.5. The fraction of sp³-hybridized carbons (Fsp3) is 0.0455. The van der Waals surface area contributed by atoms with Crippen LogP contribution in [0.1, 0.15) is 16.2 Å². The van der Waals surface area contributed by atoms with Crippen molar-refractivity contribution >= 4 is 23.2 Å². The van der Waals surface area contributed by atoms with E-state index in [1.54, 1.807) is 24.3 Å². The minimum Gasteiger partial charge on any atom is -0.319 e. The van der Waals surface area contributed by atoms with Crippen molar-refractivity contribution in [1.82, 2.24) is 14.8 Å². The number of halogens is 2. The Morgan fingerprint density at radius 1 is 1.03 bits per heavy atom. The Kier molecular flexibility index (Phi) is 5.10. The lowest BCUT2D eigenvalue weighted by molar-refractivity contribution is 0.101. The van der Waals surface area contributed by atoms with E-state index < -0.39 is 5.91 Å². The molecule has 4 rings (SSSR count). The summed E-state index contributed by atoms with van der Waals surface area (Å²) < 4.78 is 14.9. The summed E-state index contributed by atoms with van der Waals surface area (Å²) in [6.45, 7) is 1.87. The van der Waals surface area contributed by atoms with Crippen LogP contribution in [-0.2, 0) is 0 Å². The summed E-state index contributed by atoms with van der Waals surface area (Å²) in [6, 6.07) is 20.4. The van der Waals surface area contributed by atoms with Gasteiger partial charge < -0.3 is 5.32 Å². The predicted octanol–water partition coefficient (Wildman–Crippen LogP) is 5.29. The van der Waals surface area contributed by atoms with Gasteiger partial charge in [0.05, 0.1) is 5.69 Å². The zero-order valence-electron chi connectivity index (χ0n) is 15.4. The monoisotopic (exact) mass is 406 g/mol. The van der Waals surface area contributed by atoms with E-state index in [-0.39, 0.29) is 11.6 Å². The fourth-order valence-corrected chi connectivity index (χ4v) is 3.02. The standard InChI is InChI=1S/C22H16ClFN4O/c1-14-7-8-16(23)13-19(14)25-22(29)20-26-21(15-5-3-2-4-6-15)28(27-20)18-11-9-17(24)10-12-18/h2-13H,1H3,(H,25,29). The van der Waals surface area contributed by atoms with Crippen LogP contribution < -0.4 is 5.32 Å². The van der Waals surface area contributed by atoms with Gasteiger partial charge in [-0.2, -0.15) is 0 Å². The van der Waals surface area contributed by atoms with Crippen molar-refractivity contribution in [2.24, 2.45) is 0 Å². The minimum absolute atomic E-state index is 0.00689. The molecule has 0 spiro atoms. The van der Waals surface area contributed by atoms with Gasteiger partial charge in [-0.25, -0.2) is 14.1 Å². The number of rotatable bonds is 4. The Hall–Kier alpha value is -3.51. The number of benzene rings is 3. The second-order valence-electron chi connectivity index (χ2n) is 6.43. The van der Waals surface area contributed by atoms with Crippen molar-refractivity contribution in [1.29, 1.82) is 0 Å². The number of anilines is 1. The number of aryl methyl sites for hydroxylation is 1. The summed E-state index contributed by atoms with van der Waals surface area (Å²) in [5.41, 5.74) is 2.82. The zero-order chi connectivity index (χ0) is 20.4. The Morgan fingerprint density at radius 2 is 1.76 bits per heavy atom. The molecule has 0 atom stereocenters. The van der Waals surface area contributed by atoms with E-state index in [9.17, 15) is 9.18 Å². The van der Waals surface area contributed by atoms with E-state index in [1.807, 2.05) is 43.3 Å². The van der Waals surface area contributed by atoms with E-state index in [2.05, 4.69) is 15.4 Å². The molecular weight excluding hydrogens is 391 g/mol. The molecule has 0 fully saturated rings. The largest absolute Gasteiger partial charge is 0.319 e. The summed E-state index contributed by atoms with van der Waals surface area (Å²) in [5, 5.41) is 7.69. The van der Waals surface area contributed by atoms with Gasteiger partial charge in [0.15, 0.2) is 5.82 Å². The van der Waals surface area contributed by atoms with Crippen molar-refractivity contribution in [2.75, 3.05) is 5.32 Å². The average Bonchev–Trinajstić information content (AvgIpc) is 3.17. The minimum atomic E-state index is -0.464. The quantitative estimate of drug-likeness (QED) is 0.501. The van der Waals surface area contributed by atoms with Crippen LogP contribution in [-0.4, -0.2) is 20.7 Å². The smallest absolute Gasteiger partial charge is 0.295 e. The third-order valence-electron chi connectivity index (χ3n) is 4.36. The molecule has 0 aliphatic carbocycles. The molecule has 0 radical (unpaired) electrons. The van der Waals surface area contributed by atoms with Crippen LogP contribution in [0.2, 0.25) is 5.02 Å². The van der Waals surface area contributed by atoms with Crippen LogP contribution in [0.3, 0.4) is 0 Å². The van der Waals surface area contributed by atoms with Crippen molar-refractivity contribution in [2.45, 2.75) is 6.92 Å². The summed E-state index contributed by atoms with van der Waals surface area (Å²) >= 11 is 6.03. The van der Waals surface area contributed by atoms with Crippen LogP contribution in [0.25, 0.3) is 17.1 Å². The molecule has 144 valence electrons. The number of nitrogens with zero attached hydrogens (tertiary/aromatic N) is 3. The Balaban J connectivity index is 1.75. The Morgan fingerprint density at radius 3 is 2.48 bits per heavy atom. The maximum Gasteiger partial charge on any atom is 0.295 e. The normalized spacial score (nSPS) is 10.7. The molecule has 0 unspecified atom stereocenters. The third-order valence-corrected chi connectivity index (χ3v) is 4.60. The van der Waals surface area contributed by atoms with E-state index in [0.717, 1.165) is 11.1 Å². The zero-order valence-corrected chi connectivity index (χ0v) is 16.2. The highest BCUT2D eigenvalue weighted by Crippen LogP contribution is 2.23. The SMILES string of the molecule is Cc1ccc(Cl)cc1NC(=O)c1nc(-c2ccccc2)n(-c2ccc(F)cc2)n1. The van der Waals surface area contributed by atoms with Gasteiger partial charge in [0.2, 0.25) is 5.82 Å². The van der Waals surface area contributed by atoms with Gasteiger partial charge in [-0.3, -0.25) is 4.79 Å². The van der Waals surface area contributed by atoms with E-state index in [1.165, 1.54) is 16.8 Å². The second kappa shape index (κ2) is 7.85. The molecule has 0 aliphatic rings. The van der Waals surface area contributed by atoms with Crippen molar-refractivity contribution in [3.05, 3.63) is 95.0 Å². The first-order valence-corrected chi connectivity index (χ1v) is 9.25. The highest BCUT2D eigenvalue weighted by molar-refractivity contribution is 6.31. The molecule has 1 amide bonds. The first kappa shape index (κ1) is 18.8. The molecule has 3 aromatic carbocycles. The fourth-order valence-electron chi connectivity index (χ4n) is 2.85. The first-order chi connectivity index (χ1) is 14.0. The molecular formula is C22H16ClFN4O. The van der Waals surface area contributed by atoms with Gasteiger partial charge in [-0.1, -0.05) is 48.0 Å². The third kappa shape index (κ3) is 4.02. The van der Waals surface area contributed by atoms with Crippen LogP contribution in [0.15, 0.2) is 72.8 Å². The number of aromatic nitrogens is 3. The molecule has 5 nitrogen and oxygen atoms in total. The van der Waals surface area contributed by atoms with Gasteiger partial charge in [-0.15, -0.1) is 5.10 Å². The van der Waals surface area contributed by atoms with Crippen molar-refractivity contribution in [3.8, 4) is 17.1 Å². The summed E-state index contributed by atoms with van der Waals surface area (Å²) in [6.07, 6.45) is 0. The summed E-state index contributed by atoms with van der Waals surface area (Å²) in [4.78, 5) is 17.2. The van der Waals surface area contributed by atoms with Crippen LogP contribution in [0, 0.1) is 12.7 Å². The molecule has 1 N–H and O–H groups in total. The summed E-state index contributed by atoms with van der Waals surface area (Å²) in [7, 11) is 0. The lowest BCUT2D eigenvalue weighted by atomic mass is 10.2. The second-order valence-corrected chi connectivity index (χ2v) is 6.86. The van der Waals surface area contributed by atoms with E-state index in [4.69, 9.17) is 11.6 Å². The number of carbonyl (C=O) groups excluding carboxylic acids is 1.